The summed E-state index contributed by atoms with van der Waals surface area (Å²) in [5, 5.41) is 13.9. The molecule has 2 N–H and O–H groups in total. The molecule has 0 saturated heterocycles. The number of ketones is 1. The van der Waals surface area contributed by atoms with Crippen LogP contribution in [0.5, 0.6) is 0 Å². The summed E-state index contributed by atoms with van der Waals surface area (Å²) in [6, 6.07) is 8.32. The molecule has 0 amide bonds. The highest BCUT2D eigenvalue weighted by molar-refractivity contribution is 6.05. The molecule has 2 aromatic rings. The van der Waals surface area contributed by atoms with Gasteiger partial charge in [-0.2, -0.15) is 10.4 Å². The Morgan fingerprint density at radius 3 is 2.52 bits per heavy atom. The third-order valence-corrected chi connectivity index (χ3v) is 4.40. The zero-order valence-electron chi connectivity index (χ0n) is 16.6. The number of aryl methyl sites for hydroxylation is 1. The summed E-state index contributed by atoms with van der Waals surface area (Å²) >= 11 is 0. The molecule has 1 aromatic carbocycles. The lowest BCUT2D eigenvalue weighted by Gasteiger charge is -2.11. The first-order chi connectivity index (χ1) is 13.9. The van der Waals surface area contributed by atoms with Crippen molar-refractivity contribution in [2.24, 2.45) is 5.73 Å². The number of ether oxygens (including phenoxy) is 1. The lowest BCUT2D eigenvalue weighted by Crippen LogP contribution is -2.27. The Labute approximate surface area is 168 Å². The Kier molecular flexibility index (Phi) is 7.66. The second-order valence-corrected chi connectivity index (χ2v) is 6.65. The number of nitriles is 1. The molecule has 0 fully saturated rings. The minimum Gasteiger partial charge on any atom is -0.452 e. The van der Waals surface area contributed by atoms with Crippen molar-refractivity contribution in [3.05, 3.63) is 51.6 Å². The normalized spacial score (nSPS) is 11.6. The minimum atomic E-state index is -0.844. The molecule has 2 rings (SSSR count). The van der Waals surface area contributed by atoms with Gasteiger partial charge in [0.1, 0.15) is 11.6 Å². The molecular weight excluding hydrogens is 372 g/mol. The standard InChI is InChI=1S/C21H24N4O4/c1-3-4-5-8-11-25-20(27)16-10-7-6-9-15(16)19(24-25)21(28)29-13-18(26)17(12-22)14(2)23/h6-7,9-10H,3-5,8,11,13,23H2,1-2H3/b17-14+. The monoisotopic (exact) mass is 396 g/mol. The van der Waals surface area contributed by atoms with Crippen molar-refractivity contribution >= 4 is 22.5 Å². The minimum absolute atomic E-state index is 0.0459. The number of rotatable bonds is 9. The van der Waals surface area contributed by atoms with Crippen molar-refractivity contribution in [3.63, 3.8) is 0 Å². The Balaban J connectivity index is 2.31. The maximum absolute atomic E-state index is 12.7. The van der Waals surface area contributed by atoms with Gasteiger partial charge in [0.2, 0.25) is 5.78 Å². The van der Waals surface area contributed by atoms with E-state index in [0.29, 0.717) is 17.3 Å². The first kappa shape index (κ1) is 21.8. The van der Waals surface area contributed by atoms with E-state index in [-0.39, 0.29) is 22.5 Å². The quantitative estimate of drug-likeness (QED) is 0.298. The van der Waals surface area contributed by atoms with E-state index in [1.807, 2.05) is 0 Å². The highest BCUT2D eigenvalue weighted by Crippen LogP contribution is 2.15. The highest BCUT2D eigenvalue weighted by atomic mass is 16.5. The Morgan fingerprint density at radius 1 is 1.21 bits per heavy atom. The van der Waals surface area contributed by atoms with E-state index < -0.39 is 18.4 Å². The SMILES string of the molecule is CCCCCCn1nc(C(=O)OCC(=O)/C(C#N)=C(\C)N)c2ccccc2c1=O. The predicted octanol–water partition coefficient (Wildman–Crippen LogP) is 2.46. The highest BCUT2D eigenvalue weighted by Gasteiger charge is 2.20. The van der Waals surface area contributed by atoms with Crippen LogP contribution in [-0.2, 0) is 16.1 Å². The summed E-state index contributed by atoms with van der Waals surface area (Å²) in [5.74, 6) is -1.54. The molecule has 0 spiro atoms. The number of nitrogens with zero attached hydrogens (tertiary/aromatic N) is 3. The molecule has 8 nitrogen and oxygen atoms in total. The predicted molar refractivity (Wildman–Crippen MR) is 108 cm³/mol. The Morgan fingerprint density at radius 2 is 1.90 bits per heavy atom. The Bertz CT molecular complexity index is 1040. The topological polar surface area (TPSA) is 128 Å². The molecule has 0 aliphatic carbocycles. The van der Waals surface area contributed by atoms with Crippen LogP contribution in [0.25, 0.3) is 10.8 Å². The number of carbonyl (C=O) groups is 2. The molecule has 1 aromatic heterocycles. The van der Waals surface area contributed by atoms with Crippen LogP contribution in [0.3, 0.4) is 0 Å². The van der Waals surface area contributed by atoms with E-state index in [0.717, 1.165) is 25.7 Å². The number of unbranched alkanes of at least 4 members (excludes halogenated alkanes) is 3. The zero-order chi connectivity index (χ0) is 21.4. The van der Waals surface area contributed by atoms with Gasteiger partial charge in [0, 0.05) is 17.6 Å². The van der Waals surface area contributed by atoms with E-state index in [4.69, 9.17) is 15.7 Å². The van der Waals surface area contributed by atoms with Crippen LogP contribution < -0.4 is 11.3 Å². The zero-order valence-corrected chi connectivity index (χ0v) is 16.6. The number of aromatic nitrogens is 2. The van der Waals surface area contributed by atoms with E-state index in [1.54, 1.807) is 30.3 Å². The summed E-state index contributed by atoms with van der Waals surface area (Å²) in [6.45, 7) is 3.26. The van der Waals surface area contributed by atoms with Gasteiger partial charge in [-0.25, -0.2) is 9.48 Å². The number of Topliss-reactive ketones (excluding diaryl/α,β-unsaturated/α-hetero) is 1. The largest absolute Gasteiger partial charge is 0.452 e. The number of allylic oxidation sites excluding steroid dienone is 1. The number of nitrogens with two attached hydrogens (primary N) is 1. The van der Waals surface area contributed by atoms with Gasteiger partial charge in [-0.1, -0.05) is 44.4 Å². The van der Waals surface area contributed by atoms with Crippen LogP contribution >= 0.6 is 0 Å². The maximum atomic E-state index is 12.7. The second-order valence-electron chi connectivity index (χ2n) is 6.65. The first-order valence-electron chi connectivity index (χ1n) is 9.47. The molecule has 152 valence electrons. The maximum Gasteiger partial charge on any atom is 0.359 e. The summed E-state index contributed by atoms with van der Waals surface area (Å²) in [4.78, 5) is 37.3. The summed E-state index contributed by atoms with van der Waals surface area (Å²) in [6.07, 6.45) is 3.83. The third-order valence-electron chi connectivity index (χ3n) is 4.40. The van der Waals surface area contributed by atoms with Gasteiger partial charge >= 0.3 is 5.97 Å². The van der Waals surface area contributed by atoms with Gasteiger partial charge in [-0.3, -0.25) is 9.59 Å². The molecule has 0 atom stereocenters. The molecule has 0 aliphatic rings. The van der Waals surface area contributed by atoms with Gasteiger partial charge in [-0.05, 0) is 19.4 Å². The number of benzene rings is 1. The number of hydrogen-bond donors (Lipinski definition) is 1. The molecular formula is C21H24N4O4. The lowest BCUT2D eigenvalue weighted by molar-refractivity contribution is -0.118. The van der Waals surface area contributed by atoms with Crippen LogP contribution in [0.4, 0.5) is 0 Å². The fourth-order valence-corrected chi connectivity index (χ4v) is 2.87. The fourth-order valence-electron chi connectivity index (χ4n) is 2.87. The van der Waals surface area contributed by atoms with Gasteiger partial charge in [0.25, 0.3) is 5.56 Å². The van der Waals surface area contributed by atoms with Crippen LogP contribution in [0, 0.1) is 11.3 Å². The number of esters is 1. The first-order valence-corrected chi connectivity index (χ1v) is 9.47. The fraction of sp³-hybridized carbons (Fsp3) is 0.381. The van der Waals surface area contributed by atoms with E-state index >= 15 is 0 Å². The van der Waals surface area contributed by atoms with Crippen LogP contribution in [-0.4, -0.2) is 28.1 Å². The van der Waals surface area contributed by atoms with Crippen molar-refractivity contribution in [3.8, 4) is 6.07 Å². The molecule has 0 saturated carbocycles. The van der Waals surface area contributed by atoms with Crippen molar-refractivity contribution in [2.45, 2.75) is 46.1 Å². The average molecular weight is 396 g/mol. The van der Waals surface area contributed by atoms with Gasteiger partial charge in [-0.15, -0.1) is 0 Å². The van der Waals surface area contributed by atoms with E-state index in [2.05, 4.69) is 12.0 Å². The molecule has 29 heavy (non-hydrogen) atoms. The number of carbonyl (C=O) groups excluding carboxylic acids is 2. The molecule has 0 unspecified atom stereocenters. The Hall–Kier alpha value is -3.47. The van der Waals surface area contributed by atoms with Crippen molar-refractivity contribution in [1.29, 1.82) is 5.26 Å². The molecule has 0 bridgehead atoms. The molecule has 8 heteroatoms. The van der Waals surface area contributed by atoms with Gasteiger partial charge in [0.05, 0.1) is 5.39 Å². The summed E-state index contributed by atoms with van der Waals surface area (Å²) in [7, 11) is 0. The molecule has 0 radical (unpaired) electrons. The lowest BCUT2D eigenvalue weighted by atomic mass is 10.1. The molecule has 1 heterocycles. The smallest absolute Gasteiger partial charge is 0.359 e. The number of fused-ring (bicyclic) bond motifs is 1. The summed E-state index contributed by atoms with van der Waals surface area (Å²) < 4.78 is 6.33. The third kappa shape index (κ3) is 5.29. The summed E-state index contributed by atoms with van der Waals surface area (Å²) in [5.41, 5.74) is 4.96. The number of hydrogen-bond acceptors (Lipinski definition) is 7. The average Bonchev–Trinajstić information content (AvgIpc) is 2.71. The van der Waals surface area contributed by atoms with E-state index in [9.17, 15) is 14.4 Å². The van der Waals surface area contributed by atoms with Crippen molar-refractivity contribution in [1.82, 2.24) is 9.78 Å². The van der Waals surface area contributed by atoms with E-state index in [1.165, 1.54) is 11.6 Å². The van der Waals surface area contributed by atoms with Gasteiger partial charge in [0.15, 0.2) is 12.3 Å². The van der Waals surface area contributed by atoms with Crippen molar-refractivity contribution < 1.29 is 14.3 Å². The van der Waals surface area contributed by atoms with Crippen LogP contribution in [0.2, 0.25) is 0 Å². The van der Waals surface area contributed by atoms with Gasteiger partial charge < -0.3 is 10.5 Å². The van der Waals surface area contributed by atoms with Crippen LogP contribution in [0.15, 0.2) is 40.3 Å². The second kappa shape index (κ2) is 10.2. The van der Waals surface area contributed by atoms with Crippen LogP contribution in [0.1, 0.15) is 50.0 Å². The van der Waals surface area contributed by atoms with Crippen molar-refractivity contribution in [2.75, 3.05) is 6.61 Å². The molecule has 0 aliphatic heterocycles.